The summed E-state index contributed by atoms with van der Waals surface area (Å²) in [6, 6.07) is 0. The van der Waals surface area contributed by atoms with Gasteiger partial charge < -0.3 is 10.4 Å². The van der Waals surface area contributed by atoms with Crippen LogP contribution in [0, 0.1) is 5.92 Å². The largest absolute Gasteiger partial charge is 0.393 e. The highest BCUT2D eigenvalue weighted by Gasteiger charge is 2.04. The highest BCUT2D eigenvalue weighted by molar-refractivity contribution is 7.11. The number of nitrogens with one attached hydrogen (secondary N) is 1. The summed E-state index contributed by atoms with van der Waals surface area (Å²) in [7, 11) is 0. The Bertz CT molecular complexity index is 297. The zero-order chi connectivity index (χ0) is 12.0. The van der Waals surface area contributed by atoms with Gasteiger partial charge in [-0.25, -0.2) is 4.98 Å². The van der Waals surface area contributed by atoms with E-state index in [0.717, 1.165) is 25.9 Å². The Balaban J connectivity index is 2.24. The van der Waals surface area contributed by atoms with Crippen LogP contribution in [0.1, 0.15) is 37.1 Å². The molecule has 1 aromatic heterocycles. The third-order valence-electron chi connectivity index (χ3n) is 2.22. The van der Waals surface area contributed by atoms with Crippen LogP contribution in [0.5, 0.6) is 0 Å². The summed E-state index contributed by atoms with van der Waals surface area (Å²) in [5.74, 6) is 0.669. The van der Waals surface area contributed by atoms with E-state index in [0.29, 0.717) is 5.92 Å². The number of hydrogen-bond acceptors (Lipinski definition) is 4. The summed E-state index contributed by atoms with van der Waals surface area (Å²) >= 11 is 1.78. The molecule has 0 saturated carbocycles. The summed E-state index contributed by atoms with van der Waals surface area (Å²) in [6.45, 7) is 7.95. The second-order valence-electron chi connectivity index (χ2n) is 4.63. The quantitative estimate of drug-likeness (QED) is 0.721. The maximum Gasteiger partial charge on any atom is 0.0930 e. The molecule has 0 amide bonds. The molecule has 1 heterocycles. The number of aromatic nitrogens is 1. The lowest BCUT2D eigenvalue weighted by Crippen LogP contribution is -2.18. The fraction of sp³-hybridized carbons (Fsp3) is 0.750. The van der Waals surface area contributed by atoms with E-state index < -0.39 is 0 Å². The van der Waals surface area contributed by atoms with Crippen molar-refractivity contribution in [3.05, 3.63) is 16.1 Å². The van der Waals surface area contributed by atoms with Gasteiger partial charge in [0, 0.05) is 24.0 Å². The fourth-order valence-corrected chi connectivity index (χ4v) is 2.50. The third kappa shape index (κ3) is 5.58. The Kier molecular flexibility index (Phi) is 5.95. The van der Waals surface area contributed by atoms with Crippen LogP contribution in [-0.4, -0.2) is 22.7 Å². The number of hydrogen-bond donors (Lipinski definition) is 2. The van der Waals surface area contributed by atoms with E-state index in [-0.39, 0.29) is 6.10 Å². The van der Waals surface area contributed by atoms with Crippen molar-refractivity contribution in [2.45, 2.75) is 46.3 Å². The van der Waals surface area contributed by atoms with Crippen LogP contribution in [-0.2, 0) is 13.0 Å². The highest BCUT2D eigenvalue weighted by atomic mass is 32.1. The van der Waals surface area contributed by atoms with Crippen LogP contribution < -0.4 is 5.32 Å². The molecule has 3 nitrogen and oxygen atoms in total. The molecule has 92 valence electrons. The first-order valence-electron chi connectivity index (χ1n) is 5.90. The SMILES string of the molecule is CC(C)Cc1ncc(CNCCC(C)O)s1. The van der Waals surface area contributed by atoms with Crippen molar-refractivity contribution in [3.8, 4) is 0 Å². The van der Waals surface area contributed by atoms with Gasteiger partial charge in [0.2, 0.25) is 0 Å². The first-order chi connectivity index (χ1) is 7.58. The zero-order valence-corrected chi connectivity index (χ0v) is 11.2. The molecular formula is C12H22N2OS. The molecule has 1 rings (SSSR count). The van der Waals surface area contributed by atoms with Crippen molar-refractivity contribution in [3.63, 3.8) is 0 Å². The van der Waals surface area contributed by atoms with Crippen LogP contribution in [0.2, 0.25) is 0 Å². The number of aliphatic hydroxyl groups is 1. The molecule has 0 bridgehead atoms. The van der Waals surface area contributed by atoms with Gasteiger partial charge in [0.05, 0.1) is 11.1 Å². The van der Waals surface area contributed by atoms with Crippen LogP contribution in [0.4, 0.5) is 0 Å². The summed E-state index contributed by atoms with van der Waals surface area (Å²) in [5, 5.41) is 13.6. The van der Waals surface area contributed by atoms with Gasteiger partial charge >= 0.3 is 0 Å². The van der Waals surface area contributed by atoms with Crippen molar-refractivity contribution >= 4 is 11.3 Å². The average Bonchev–Trinajstić information content (AvgIpc) is 2.59. The number of thiazole rings is 1. The lowest BCUT2D eigenvalue weighted by atomic mass is 10.1. The lowest BCUT2D eigenvalue weighted by molar-refractivity contribution is 0.183. The third-order valence-corrected chi connectivity index (χ3v) is 3.24. The Morgan fingerprint density at radius 3 is 2.81 bits per heavy atom. The maximum atomic E-state index is 9.10. The molecule has 16 heavy (non-hydrogen) atoms. The molecular weight excluding hydrogens is 220 g/mol. The molecule has 1 aromatic rings. The van der Waals surface area contributed by atoms with E-state index in [4.69, 9.17) is 5.11 Å². The summed E-state index contributed by atoms with van der Waals surface area (Å²) in [6.07, 6.45) is 3.61. The highest BCUT2D eigenvalue weighted by Crippen LogP contribution is 2.16. The molecule has 0 aliphatic heterocycles. The van der Waals surface area contributed by atoms with Crippen molar-refractivity contribution in [1.29, 1.82) is 0 Å². The predicted molar refractivity (Wildman–Crippen MR) is 68.7 cm³/mol. The maximum absolute atomic E-state index is 9.10. The fourth-order valence-electron chi connectivity index (χ4n) is 1.40. The second kappa shape index (κ2) is 6.99. The average molecular weight is 242 g/mol. The monoisotopic (exact) mass is 242 g/mol. The van der Waals surface area contributed by atoms with Gasteiger partial charge in [0.15, 0.2) is 0 Å². The molecule has 2 N–H and O–H groups in total. The summed E-state index contributed by atoms with van der Waals surface area (Å²) < 4.78 is 0. The van der Waals surface area contributed by atoms with Crippen molar-refractivity contribution < 1.29 is 5.11 Å². The van der Waals surface area contributed by atoms with E-state index >= 15 is 0 Å². The van der Waals surface area contributed by atoms with Crippen LogP contribution >= 0.6 is 11.3 Å². The molecule has 0 aromatic carbocycles. The summed E-state index contributed by atoms with van der Waals surface area (Å²) in [4.78, 5) is 5.68. The topological polar surface area (TPSA) is 45.2 Å². The second-order valence-corrected chi connectivity index (χ2v) is 5.83. The van der Waals surface area contributed by atoms with Gasteiger partial charge in [0.25, 0.3) is 0 Å². The number of aliphatic hydroxyl groups excluding tert-OH is 1. The number of nitrogens with zero attached hydrogens (tertiary/aromatic N) is 1. The number of rotatable bonds is 7. The van der Waals surface area contributed by atoms with Gasteiger partial charge in [-0.15, -0.1) is 11.3 Å². The van der Waals surface area contributed by atoms with Gasteiger partial charge in [-0.05, 0) is 25.8 Å². The first kappa shape index (κ1) is 13.6. The van der Waals surface area contributed by atoms with Crippen LogP contribution in [0.25, 0.3) is 0 Å². The minimum absolute atomic E-state index is 0.217. The van der Waals surface area contributed by atoms with E-state index in [9.17, 15) is 0 Å². The van der Waals surface area contributed by atoms with E-state index in [1.54, 1.807) is 11.3 Å². The van der Waals surface area contributed by atoms with Gasteiger partial charge in [-0.1, -0.05) is 13.8 Å². The molecule has 0 saturated heterocycles. The van der Waals surface area contributed by atoms with Crippen LogP contribution in [0.3, 0.4) is 0 Å². The molecule has 0 fully saturated rings. The normalized spacial score (nSPS) is 13.3. The zero-order valence-electron chi connectivity index (χ0n) is 10.4. The molecule has 0 aliphatic rings. The van der Waals surface area contributed by atoms with E-state index in [1.165, 1.54) is 9.88 Å². The van der Waals surface area contributed by atoms with Crippen molar-refractivity contribution in [2.24, 2.45) is 5.92 Å². The minimum Gasteiger partial charge on any atom is -0.393 e. The Labute approximate surface area is 102 Å². The lowest BCUT2D eigenvalue weighted by Gasteiger charge is -2.04. The molecule has 1 unspecified atom stereocenters. The molecule has 0 spiro atoms. The first-order valence-corrected chi connectivity index (χ1v) is 6.72. The van der Waals surface area contributed by atoms with Gasteiger partial charge in [-0.3, -0.25) is 0 Å². The Morgan fingerprint density at radius 2 is 2.19 bits per heavy atom. The van der Waals surface area contributed by atoms with Crippen molar-refractivity contribution in [1.82, 2.24) is 10.3 Å². The molecule has 1 atom stereocenters. The molecule has 0 aliphatic carbocycles. The van der Waals surface area contributed by atoms with Gasteiger partial charge in [0.1, 0.15) is 0 Å². The van der Waals surface area contributed by atoms with E-state index in [2.05, 4.69) is 24.1 Å². The standard InChI is InChI=1S/C12H22N2OS/c1-9(2)6-12-14-8-11(16-12)7-13-5-4-10(3)15/h8-10,13,15H,4-7H2,1-3H3. The van der Waals surface area contributed by atoms with E-state index in [1.807, 2.05) is 13.1 Å². The van der Waals surface area contributed by atoms with Gasteiger partial charge in [-0.2, -0.15) is 0 Å². The Hall–Kier alpha value is -0.450. The molecule has 0 radical (unpaired) electrons. The minimum atomic E-state index is -0.217. The molecule has 4 heteroatoms. The van der Waals surface area contributed by atoms with Crippen molar-refractivity contribution in [2.75, 3.05) is 6.54 Å². The predicted octanol–water partition coefficient (Wildman–Crippen LogP) is 2.20. The van der Waals surface area contributed by atoms with Crippen LogP contribution in [0.15, 0.2) is 6.20 Å². The Morgan fingerprint density at radius 1 is 1.44 bits per heavy atom. The smallest absolute Gasteiger partial charge is 0.0930 e. The summed E-state index contributed by atoms with van der Waals surface area (Å²) in [5.41, 5.74) is 0.